The number of hydrogen-bond acceptors (Lipinski definition) is 3. The van der Waals surface area contributed by atoms with Gasteiger partial charge in [-0.3, -0.25) is 0 Å². The number of benzene rings is 2. The normalized spacial score (nSPS) is 9.95. The molecule has 0 amide bonds. The van der Waals surface area contributed by atoms with Gasteiger partial charge in [0, 0.05) is 10.6 Å². The van der Waals surface area contributed by atoms with Crippen LogP contribution in [0.15, 0.2) is 36.4 Å². The summed E-state index contributed by atoms with van der Waals surface area (Å²) >= 11 is 5.77. The Labute approximate surface area is 115 Å². The molecule has 0 saturated carbocycles. The number of halogens is 2. The van der Waals surface area contributed by atoms with E-state index < -0.39 is 5.82 Å². The summed E-state index contributed by atoms with van der Waals surface area (Å²) < 4.78 is 19.0. The number of nitrogen functional groups attached to an aromatic ring is 1. The SMILES string of the molecule is N#Cc1ccc(F)c(COc2ccc(Cl)cc2N)c1. The molecule has 2 aromatic carbocycles. The smallest absolute Gasteiger partial charge is 0.142 e. The number of rotatable bonds is 3. The maximum Gasteiger partial charge on any atom is 0.142 e. The van der Waals surface area contributed by atoms with E-state index in [9.17, 15) is 4.39 Å². The summed E-state index contributed by atoms with van der Waals surface area (Å²) in [5, 5.41) is 9.27. The average Bonchev–Trinajstić information content (AvgIpc) is 2.39. The molecule has 3 nitrogen and oxygen atoms in total. The molecule has 2 N–H and O–H groups in total. The lowest BCUT2D eigenvalue weighted by Crippen LogP contribution is -2.01. The minimum Gasteiger partial charge on any atom is -0.487 e. The lowest BCUT2D eigenvalue weighted by Gasteiger charge is -2.10. The van der Waals surface area contributed by atoms with Crippen molar-refractivity contribution in [2.45, 2.75) is 6.61 Å². The molecule has 19 heavy (non-hydrogen) atoms. The van der Waals surface area contributed by atoms with Crippen molar-refractivity contribution < 1.29 is 9.13 Å². The molecule has 0 bridgehead atoms. The highest BCUT2D eigenvalue weighted by Gasteiger charge is 2.06. The van der Waals surface area contributed by atoms with Crippen LogP contribution < -0.4 is 10.5 Å². The van der Waals surface area contributed by atoms with Crippen LogP contribution in [-0.4, -0.2) is 0 Å². The zero-order chi connectivity index (χ0) is 13.8. The number of ether oxygens (including phenoxy) is 1. The van der Waals surface area contributed by atoms with Gasteiger partial charge in [-0.15, -0.1) is 0 Å². The number of nitrogens with two attached hydrogens (primary N) is 1. The molecule has 0 unspecified atom stereocenters. The molecule has 0 fully saturated rings. The fourth-order valence-corrected chi connectivity index (χ4v) is 1.74. The largest absolute Gasteiger partial charge is 0.487 e. The molecule has 0 aromatic heterocycles. The second-order valence-corrected chi connectivity index (χ2v) is 4.33. The van der Waals surface area contributed by atoms with Crippen molar-refractivity contribution in [3.05, 3.63) is 58.4 Å². The van der Waals surface area contributed by atoms with E-state index in [1.807, 2.05) is 6.07 Å². The van der Waals surface area contributed by atoms with E-state index in [1.54, 1.807) is 18.2 Å². The maximum absolute atomic E-state index is 13.5. The Morgan fingerprint density at radius 3 is 2.74 bits per heavy atom. The summed E-state index contributed by atoms with van der Waals surface area (Å²) in [5.41, 5.74) is 6.78. The Morgan fingerprint density at radius 1 is 1.26 bits per heavy atom. The quantitative estimate of drug-likeness (QED) is 0.873. The van der Waals surface area contributed by atoms with E-state index in [2.05, 4.69) is 0 Å². The Hall–Kier alpha value is -2.25. The third kappa shape index (κ3) is 3.15. The topological polar surface area (TPSA) is 59.0 Å². The molecule has 0 atom stereocenters. The van der Waals surface area contributed by atoms with Gasteiger partial charge in [0.2, 0.25) is 0 Å². The summed E-state index contributed by atoms with van der Waals surface area (Å²) in [6.45, 7) is -0.00676. The minimum absolute atomic E-state index is 0.00676. The fourth-order valence-electron chi connectivity index (χ4n) is 1.56. The van der Waals surface area contributed by atoms with Crippen LogP contribution in [0.5, 0.6) is 5.75 Å². The Bertz CT molecular complexity index is 652. The third-order valence-corrected chi connectivity index (χ3v) is 2.76. The van der Waals surface area contributed by atoms with Gasteiger partial charge in [0.15, 0.2) is 0 Å². The number of anilines is 1. The average molecular weight is 277 g/mol. The van der Waals surface area contributed by atoms with Crippen molar-refractivity contribution >= 4 is 17.3 Å². The summed E-state index contributed by atoms with van der Waals surface area (Å²) in [6, 6.07) is 10.8. The maximum atomic E-state index is 13.5. The van der Waals surface area contributed by atoms with Crippen LogP contribution >= 0.6 is 11.6 Å². The monoisotopic (exact) mass is 276 g/mol. The molecule has 0 aliphatic heterocycles. The molecular formula is C14H10ClFN2O. The molecule has 96 valence electrons. The van der Waals surface area contributed by atoms with Crippen LogP contribution in [-0.2, 0) is 6.61 Å². The Morgan fingerprint density at radius 2 is 2.05 bits per heavy atom. The van der Waals surface area contributed by atoms with E-state index in [0.717, 1.165) is 0 Å². The van der Waals surface area contributed by atoms with Gasteiger partial charge < -0.3 is 10.5 Å². The molecule has 0 aliphatic carbocycles. The standard InChI is InChI=1S/C14H10ClFN2O/c15-11-2-4-14(13(18)6-11)19-8-10-5-9(7-17)1-3-12(10)16/h1-6H,8,18H2. The highest BCUT2D eigenvalue weighted by atomic mass is 35.5. The van der Waals surface area contributed by atoms with E-state index in [1.165, 1.54) is 18.2 Å². The van der Waals surface area contributed by atoms with Crippen molar-refractivity contribution in [3.63, 3.8) is 0 Å². The van der Waals surface area contributed by atoms with Crippen LogP contribution in [0, 0.1) is 17.1 Å². The highest BCUT2D eigenvalue weighted by molar-refractivity contribution is 6.30. The molecule has 0 radical (unpaired) electrons. The van der Waals surface area contributed by atoms with Crippen molar-refractivity contribution in [1.82, 2.24) is 0 Å². The summed E-state index contributed by atoms with van der Waals surface area (Å²) in [6.07, 6.45) is 0. The van der Waals surface area contributed by atoms with Crippen molar-refractivity contribution in [1.29, 1.82) is 5.26 Å². The molecule has 2 aromatic rings. The van der Waals surface area contributed by atoms with Crippen molar-refractivity contribution in [2.75, 3.05) is 5.73 Å². The Balaban J connectivity index is 2.16. The fraction of sp³-hybridized carbons (Fsp3) is 0.0714. The first-order valence-corrected chi connectivity index (χ1v) is 5.84. The first-order valence-electron chi connectivity index (χ1n) is 5.46. The third-order valence-electron chi connectivity index (χ3n) is 2.53. The Kier molecular flexibility index (Phi) is 3.88. The molecule has 0 aliphatic rings. The van der Waals surface area contributed by atoms with Crippen LogP contribution in [0.2, 0.25) is 5.02 Å². The van der Waals surface area contributed by atoms with E-state index in [4.69, 9.17) is 27.3 Å². The minimum atomic E-state index is -0.425. The van der Waals surface area contributed by atoms with Gasteiger partial charge in [0.25, 0.3) is 0 Å². The highest BCUT2D eigenvalue weighted by Crippen LogP contribution is 2.26. The first-order chi connectivity index (χ1) is 9.10. The van der Waals surface area contributed by atoms with Gasteiger partial charge in [-0.1, -0.05) is 11.6 Å². The summed E-state index contributed by atoms with van der Waals surface area (Å²) in [4.78, 5) is 0. The first kappa shape index (κ1) is 13.2. The molecule has 5 heteroatoms. The van der Waals surface area contributed by atoms with Gasteiger partial charge >= 0.3 is 0 Å². The zero-order valence-corrected chi connectivity index (χ0v) is 10.6. The predicted octanol–water partition coefficient (Wildman–Crippen LogP) is 3.51. The van der Waals surface area contributed by atoms with Crippen LogP contribution in [0.3, 0.4) is 0 Å². The van der Waals surface area contributed by atoms with E-state index in [0.29, 0.717) is 27.6 Å². The van der Waals surface area contributed by atoms with E-state index >= 15 is 0 Å². The number of nitriles is 1. The zero-order valence-electron chi connectivity index (χ0n) is 9.86. The number of hydrogen-bond donors (Lipinski definition) is 1. The van der Waals surface area contributed by atoms with Gasteiger partial charge in [-0.05, 0) is 36.4 Å². The van der Waals surface area contributed by atoms with Crippen LogP contribution in [0.25, 0.3) is 0 Å². The molecule has 2 rings (SSSR count). The molecule has 0 spiro atoms. The second-order valence-electron chi connectivity index (χ2n) is 3.89. The second kappa shape index (κ2) is 5.59. The van der Waals surface area contributed by atoms with Crippen LogP contribution in [0.4, 0.5) is 10.1 Å². The molecule has 0 heterocycles. The van der Waals surface area contributed by atoms with Gasteiger partial charge in [0.05, 0.1) is 17.3 Å². The summed E-state index contributed by atoms with van der Waals surface area (Å²) in [7, 11) is 0. The van der Waals surface area contributed by atoms with Crippen LogP contribution in [0.1, 0.15) is 11.1 Å². The van der Waals surface area contributed by atoms with Gasteiger partial charge in [0.1, 0.15) is 18.2 Å². The van der Waals surface area contributed by atoms with Crippen molar-refractivity contribution in [3.8, 4) is 11.8 Å². The van der Waals surface area contributed by atoms with Gasteiger partial charge in [-0.25, -0.2) is 4.39 Å². The number of nitrogens with zero attached hydrogens (tertiary/aromatic N) is 1. The lowest BCUT2D eigenvalue weighted by atomic mass is 10.1. The molecular weight excluding hydrogens is 267 g/mol. The predicted molar refractivity (Wildman–Crippen MR) is 71.3 cm³/mol. The van der Waals surface area contributed by atoms with Crippen molar-refractivity contribution in [2.24, 2.45) is 0 Å². The summed E-state index contributed by atoms with van der Waals surface area (Å²) in [5.74, 6) is -0.00213. The molecule has 0 saturated heterocycles. The van der Waals surface area contributed by atoms with Gasteiger partial charge in [-0.2, -0.15) is 5.26 Å². The van der Waals surface area contributed by atoms with E-state index in [-0.39, 0.29) is 6.61 Å². The lowest BCUT2D eigenvalue weighted by molar-refractivity contribution is 0.301.